The molecule has 0 bridgehead atoms. The second-order valence-corrected chi connectivity index (χ2v) is 14.0. The lowest BCUT2D eigenvalue weighted by Gasteiger charge is -2.29. The standard InChI is InChI=1S/C41H44N4O/c1-8-35-40(39-26(2)13-11-14-27(39)3)28(4)43-45(35)30-15-12-16-31(24-30)46-32-19-20-34-33-17-9-10-18-36(33)44(37(34)25-32)38-23-29(21-22-42-38)41(5,6)7/h9-10,12-13,15-25,27,39H,8,11,14H2,1-7H3/t27-,39?/m0/s1. The molecule has 0 saturated heterocycles. The minimum Gasteiger partial charge on any atom is -0.457 e. The molecule has 0 saturated carbocycles. The van der Waals surface area contributed by atoms with Crippen molar-refractivity contribution in [1.82, 2.24) is 19.3 Å². The van der Waals surface area contributed by atoms with Gasteiger partial charge >= 0.3 is 0 Å². The Balaban J connectivity index is 1.28. The summed E-state index contributed by atoms with van der Waals surface area (Å²) >= 11 is 0. The van der Waals surface area contributed by atoms with Crippen LogP contribution < -0.4 is 4.74 Å². The van der Waals surface area contributed by atoms with Gasteiger partial charge < -0.3 is 4.74 Å². The van der Waals surface area contributed by atoms with Crippen LogP contribution in [0, 0.1) is 12.8 Å². The van der Waals surface area contributed by atoms with Crippen molar-refractivity contribution in [2.75, 3.05) is 0 Å². The summed E-state index contributed by atoms with van der Waals surface area (Å²) in [5.74, 6) is 3.51. The number of para-hydroxylation sites is 1. The molecule has 5 nitrogen and oxygen atoms in total. The van der Waals surface area contributed by atoms with Gasteiger partial charge in [-0.3, -0.25) is 4.57 Å². The van der Waals surface area contributed by atoms with E-state index in [0.717, 1.165) is 46.2 Å². The number of aromatic nitrogens is 4. The lowest BCUT2D eigenvalue weighted by atomic mass is 9.75. The van der Waals surface area contributed by atoms with Crippen LogP contribution in [0.4, 0.5) is 0 Å². The van der Waals surface area contributed by atoms with Crippen LogP contribution in [-0.2, 0) is 11.8 Å². The number of fused-ring (bicyclic) bond motifs is 3. The Morgan fingerprint density at radius 2 is 1.65 bits per heavy atom. The zero-order valence-electron chi connectivity index (χ0n) is 28.1. The van der Waals surface area contributed by atoms with Gasteiger partial charge in [-0.05, 0) is 92.5 Å². The maximum absolute atomic E-state index is 6.59. The fourth-order valence-electron chi connectivity index (χ4n) is 7.46. The lowest BCUT2D eigenvalue weighted by Crippen LogP contribution is -2.17. The molecule has 3 aromatic carbocycles. The molecule has 2 atom stereocenters. The highest BCUT2D eigenvalue weighted by Gasteiger charge is 2.30. The molecule has 0 aliphatic heterocycles. The molecule has 3 aromatic heterocycles. The first-order valence-electron chi connectivity index (χ1n) is 16.7. The number of nitrogens with zero attached hydrogens (tertiary/aromatic N) is 4. The van der Waals surface area contributed by atoms with Crippen molar-refractivity contribution in [1.29, 1.82) is 0 Å². The van der Waals surface area contributed by atoms with E-state index in [9.17, 15) is 0 Å². The van der Waals surface area contributed by atoms with Gasteiger partial charge in [0.05, 0.1) is 22.4 Å². The highest BCUT2D eigenvalue weighted by atomic mass is 16.5. The van der Waals surface area contributed by atoms with Crippen LogP contribution in [0.5, 0.6) is 11.5 Å². The number of allylic oxidation sites excluding steroid dienone is 2. The molecule has 1 aliphatic carbocycles. The second-order valence-electron chi connectivity index (χ2n) is 14.0. The molecule has 234 valence electrons. The van der Waals surface area contributed by atoms with Crippen LogP contribution in [0.25, 0.3) is 33.3 Å². The van der Waals surface area contributed by atoms with Gasteiger partial charge in [-0.25, -0.2) is 9.67 Å². The zero-order chi connectivity index (χ0) is 32.2. The molecule has 46 heavy (non-hydrogen) atoms. The fourth-order valence-corrected chi connectivity index (χ4v) is 7.46. The van der Waals surface area contributed by atoms with Crippen LogP contribution in [-0.4, -0.2) is 19.3 Å². The average Bonchev–Trinajstić information content (AvgIpc) is 3.54. The first-order chi connectivity index (χ1) is 22.1. The van der Waals surface area contributed by atoms with E-state index in [0.29, 0.717) is 11.8 Å². The molecule has 3 heterocycles. The van der Waals surface area contributed by atoms with Crippen molar-refractivity contribution >= 4 is 21.8 Å². The Labute approximate surface area is 272 Å². The smallest absolute Gasteiger partial charge is 0.137 e. The van der Waals surface area contributed by atoms with Crippen molar-refractivity contribution in [3.8, 4) is 23.0 Å². The second kappa shape index (κ2) is 11.6. The quantitative estimate of drug-likeness (QED) is 0.177. The number of benzene rings is 3. The lowest BCUT2D eigenvalue weighted by molar-refractivity contribution is 0.446. The Hall–Kier alpha value is -4.64. The van der Waals surface area contributed by atoms with Crippen LogP contribution in [0.3, 0.4) is 0 Å². The van der Waals surface area contributed by atoms with Crippen molar-refractivity contribution in [3.63, 3.8) is 0 Å². The van der Waals surface area contributed by atoms with Crippen molar-refractivity contribution in [2.24, 2.45) is 5.92 Å². The van der Waals surface area contributed by atoms with Crippen LogP contribution in [0.15, 0.2) is 96.7 Å². The van der Waals surface area contributed by atoms with Crippen LogP contribution in [0.2, 0.25) is 0 Å². The van der Waals surface area contributed by atoms with Crippen molar-refractivity contribution < 1.29 is 4.74 Å². The van der Waals surface area contributed by atoms with E-state index >= 15 is 0 Å². The summed E-state index contributed by atoms with van der Waals surface area (Å²) in [6, 6.07) is 27.6. The Morgan fingerprint density at radius 1 is 0.870 bits per heavy atom. The van der Waals surface area contributed by atoms with E-state index in [4.69, 9.17) is 14.8 Å². The zero-order valence-corrected chi connectivity index (χ0v) is 28.1. The third-order valence-corrected chi connectivity index (χ3v) is 9.78. The number of ether oxygens (including phenoxy) is 1. The van der Waals surface area contributed by atoms with E-state index in [1.54, 1.807) is 0 Å². The summed E-state index contributed by atoms with van der Waals surface area (Å²) in [4.78, 5) is 4.83. The summed E-state index contributed by atoms with van der Waals surface area (Å²) in [7, 11) is 0. The van der Waals surface area contributed by atoms with Gasteiger partial charge in [0.1, 0.15) is 17.3 Å². The predicted octanol–water partition coefficient (Wildman–Crippen LogP) is 10.8. The van der Waals surface area contributed by atoms with E-state index in [1.165, 1.54) is 46.0 Å². The van der Waals surface area contributed by atoms with Gasteiger partial charge in [-0.15, -0.1) is 0 Å². The molecular weight excluding hydrogens is 564 g/mol. The molecule has 0 spiro atoms. The molecule has 0 N–H and O–H groups in total. The monoisotopic (exact) mass is 608 g/mol. The minimum absolute atomic E-state index is 0.0193. The van der Waals surface area contributed by atoms with Gasteiger partial charge in [0.15, 0.2) is 0 Å². The van der Waals surface area contributed by atoms with Crippen LogP contribution in [0.1, 0.15) is 82.8 Å². The molecule has 0 radical (unpaired) electrons. The highest BCUT2D eigenvalue weighted by Crippen LogP contribution is 2.42. The SMILES string of the molecule is CCc1c(C2C(C)=CCC[C@@H]2C)c(C)nn1-c1cccc(Oc2ccc3c4ccccc4n(-c4cc(C(C)(C)C)ccn4)c3c2)c1. The first kappa shape index (κ1) is 30.0. The molecule has 7 rings (SSSR count). The van der Waals surface area contributed by atoms with Gasteiger partial charge in [-0.1, -0.05) is 70.5 Å². The number of rotatable bonds is 6. The summed E-state index contributed by atoms with van der Waals surface area (Å²) in [5.41, 5.74) is 9.77. The fraction of sp³-hybridized carbons (Fsp3) is 0.317. The number of pyridine rings is 1. The number of hydrogen-bond donors (Lipinski definition) is 0. The number of aryl methyl sites for hydroxylation is 1. The Bertz CT molecular complexity index is 2100. The molecular formula is C41H44N4O. The predicted molar refractivity (Wildman–Crippen MR) is 190 cm³/mol. The molecule has 0 fully saturated rings. The maximum atomic E-state index is 6.59. The average molecular weight is 609 g/mol. The number of hydrogen-bond acceptors (Lipinski definition) is 3. The maximum Gasteiger partial charge on any atom is 0.137 e. The topological polar surface area (TPSA) is 44.9 Å². The largest absolute Gasteiger partial charge is 0.457 e. The van der Waals surface area contributed by atoms with Gasteiger partial charge in [0, 0.05) is 46.3 Å². The Morgan fingerprint density at radius 3 is 2.43 bits per heavy atom. The minimum atomic E-state index is 0.0193. The first-order valence-corrected chi connectivity index (χ1v) is 16.7. The third-order valence-electron chi connectivity index (χ3n) is 9.78. The highest BCUT2D eigenvalue weighted by molar-refractivity contribution is 6.09. The van der Waals surface area contributed by atoms with E-state index in [-0.39, 0.29) is 5.41 Å². The summed E-state index contributed by atoms with van der Waals surface area (Å²) in [6.07, 6.45) is 7.65. The van der Waals surface area contributed by atoms with E-state index < -0.39 is 0 Å². The summed E-state index contributed by atoms with van der Waals surface area (Å²) in [6.45, 7) is 15.8. The molecule has 0 amide bonds. The van der Waals surface area contributed by atoms with Crippen LogP contribution >= 0.6 is 0 Å². The molecule has 5 heteroatoms. The van der Waals surface area contributed by atoms with Crippen molar-refractivity contribution in [2.45, 2.75) is 79.1 Å². The van der Waals surface area contributed by atoms with Crippen molar-refractivity contribution in [3.05, 3.63) is 119 Å². The van der Waals surface area contributed by atoms with Gasteiger partial charge in [-0.2, -0.15) is 5.10 Å². The van der Waals surface area contributed by atoms with E-state index in [1.807, 2.05) is 12.3 Å². The molecule has 6 aromatic rings. The van der Waals surface area contributed by atoms with E-state index in [2.05, 4.69) is 137 Å². The summed E-state index contributed by atoms with van der Waals surface area (Å²) in [5, 5.41) is 7.47. The third kappa shape index (κ3) is 5.22. The van der Waals surface area contributed by atoms with Gasteiger partial charge in [0.2, 0.25) is 0 Å². The normalized spacial score (nSPS) is 17.1. The Kier molecular flexibility index (Phi) is 7.59. The molecule has 1 aliphatic rings. The summed E-state index contributed by atoms with van der Waals surface area (Å²) < 4.78 is 11.0. The molecule has 1 unspecified atom stereocenters. The van der Waals surface area contributed by atoms with Gasteiger partial charge in [0.25, 0.3) is 0 Å².